The van der Waals surface area contributed by atoms with Crippen LogP contribution in [0.5, 0.6) is 0 Å². The smallest absolute Gasteiger partial charge is 0.00498 e. The van der Waals surface area contributed by atoms with E-state index < -0.39 is 0 Å². The van der Waals surface area contributed by atoms with E-state index in [1.54, 1.807) is 0 Å². The molecule has 2 aromatic carbocycles. The average Bonchev–Trinajstić information content (AvgIpc) is 2.73. The molecule has 4 rings (SSSR count). The Morgan fingerprint density at radius 3 is 2.18 bits per heavy atom. The summed E-state index contributed by atoms with van der Waals surface area (Å²) in [7, 11) is 0. The van der Waals surface area contributed by atoms with E-state index in [2.05, 4.69) is 83.1 Å². The molecule has 2 aromatic rings. The van der Waals surface area contributed by atoms with Crippen molar-refractivity contribution < 1.29 is 0 Å². The van der Waals surface area contributed by atoms with Crippen LogP contribution in [0.15, 0.2) is 48.5 Å². The third kappa shape index (κ3) is 7.42. The molecule has 0 aliphatic heterocycles. The largest absolute Gasteiger partial charge is 0.328 e. The molecule has 2 fully saturated rings. The van der Waals surface area contributed by atoms with Crippen LogP contribution in [0.4, 0.5) is 0 Å². The maximum atomic E-state index is 6.27. The van der Waals surface area contributed by atoms with Gasteiger partial charge in [0.25, 0.3) is 0 Å². The van der Waals surface area contributed by atoms with E-state index >= 15 is 0 Å². The summed E-state index contributed by atoms with van der Waals surface area (Å²) in [5, 5.41) is 0. The van der Waals surface area contributed by atoms with Crippen molar-refractivity contribution in [3.8, 4) is 0 Å². The highest BCUT2D eigenvalue weighted by Crippen LogP contribution is 2.45. The quantitative estimate of drug-likeness (QED) is 0.505. The van der Waals surface area contributed by atoms with E-state index in [4.69, 9.17) is 11.5 Å². The van der Waals surface area contributed by atoms with Crippen molar-refractivity contribution in [2.75, 3.05) is 0 Å². The van der Waals surface area contributed by atoms with Crippen molar-refractivity contribution in [2.24, 2.45) is 22.8 Å². The average molecular weight is 449 g/mol. The Kier molecular flexibility index (Phi) is 9.18. The summed E-state index contributed by atoms with van der Waals surface area (Å²) in [6.45, 7) is 11.4. The molecule has 33 heavy (non-hydrogen) atoms. The third-order valence-corrected chi connectivity index (χ3v) is 8.05. The summed E-state index contributed by atoms with van der Waals surface area (Å²) in [6, 6.07) is 18.5. The summed E-state index contributed by atoms with van der Waals surface area (Å²) in [5.74, 6) is 2.12. The molecule has 2 heteroatoms. The van der Waals surface area contributed by atoms with E-state index in [-0.39, 0.29) is 0 Å². The summed E-state index contributed by atoms with van der Waals surface area (Å²) in [5.41, 5.74) is 18.6. The summed E-state index contributed by atoms with van der Waals surface area (Å²) < 4.78 is 0. The molecule has 2 saturated carbocycles. The Hall–Kier alpha value is -1.64. The van der Waals surface area contributed by atoms with Gasteiger partial charge in [-0.2, -0.15) is 0 Å². The van der Waals surface area contributed by atoms with Gasteiger partial charge in [-0.15, -0.1) is 0 Å². The van der Waals surface area contributed by atoms with Crippen molar-refractivity contribution >= 4 is 0 Å². The van der Waals surface area contributed by atoms with Crippen LogP contribution in [0.2, 0.25) is 0 Å². The van der Waals surface area contributed by atoms with Gasteiger partial charge >= 0.3 is 0 Å². The number of benzene rings is 2. The fourth-order valence-corrected chi connectivity index (χ4v) is 6.82. The Labute approximate surface area is 203 Å². The van der Waals surface area contributed by atoms with Gasteiger partial charge in [-0.1, -0.05) is 81.3 Å². The van der Waals surface area contributed by atoms with Crippen molar-refractivity contribution in [3.63, 3.8) is 0 Å². The van der Waals surface area contributed by atoms with E-state index in [1.807, 2.05) is 0 Å². The summed E-state index contributed by atoms with van der Waals surface area (Å²) in [6.07, 6.45) is 9.90. The van der Waals surface area contributed by atoms with Crippen LogP contribution in [-0.2, 0) is 0 Å². The zero-order valence-electron chi connectivity index (χ0n) is 21.8. The molecule has 0 heterocycles. The van der Waals surface area contributed by atoms with Crippen LogP contribution in [-0.4, -0.2) is 12.1 Å². The predicted octanol–water partition coefficient (Wildman–Crippen LogP) is 7.62. The first-order valence-electron chi connectivity index (χ1n) is 13.3. The van der Waals surface area contributed by atoms with Crippen LogP contribution < -0.4 is 11.5 Å². The van der Waals surface area contributed by atoms with Crippen molar-refractivity contribution in [1.82, 2.24) is 0 Å². The van der Waals surface area contributed by atoms with Crippen LogP contribution in [0.3, 0.4) is 0 Å². The minimum atomic E-state index is 0.380. The highest BCUT2D eigenvalue weighted by molar-refractivity contribution is 5.33. The summed E-state index contributed by atoms with van der Waals surface area (Å²) in [4.78, 5) is 0. The monoisotopic (exact) mass is 448 g/mol. The van der Waals surface area contributed by atoms with E-state index in [0.717, 1.165) is 18.8 Å². The maximum Gasteiger partial charge on any atom is 0.00498 e. The van der Waals surface area contributed by atoms with Gasteiger partial charge in [0, 0.05) is 12.1 Å². The highest BCUT2D eigenvalue weighted by atomic mass is 14.7. The molecule has 0 saturated heterocycles. The van der Waals surface area contributed by atoms with E-state index in [9.17, 15) is 0 Å². The van der Waals surface area contributed by atoms with Crippen LogP contribution in [0, 0.1) is 25.2 Å². The number of hydrogen-bond donors (Lipinski definition) is 2. The van der Waals surface area contributed by atoms with Gasteiger partial charge in [0.1, 0.15) is 0 Å². The SMILES string of the molecule is CCCC1(C)CC(N)CC(c2ccccc2)C1.Cc1ccc(C2CC(C)CC(N)C2)c(C)c1. The molecule has 6 atom stereocenters. The lowest BCUT2D eigenvalue weighted by Crippen LogP contribution is -2.37. The zero-order valence-corrected chi connectivity index (χ0v) is 21.8. The number of hydrogen-bond acceptors (Lipinski definition) is 2. The van der Waals surface area contributed by atoms with Crippen molar-refractivity contribution in [3.05, 3.63) is 70.8 Å². The molecule has 4 N–H and O–H groups in total. The highest BCUT2D eigenvalue weighted by Gasteiger charge is 2.35. The lowest BCUT2D eigenvalue weighted by atomic mass is 9.65. The summed E-state index contributed by atoms with van der Waals surface area (Å²) >= 11 is 0. The second kappa shape index (κ2) is 11.7. The number of rotatable bonds is 4. The molecule has 182 valence electrons. The Morgan fingerprint density at radius 1 is 0.848 bits per heavy atom. The molecule has 0 amide bonds. The van der Waals surface area contributed by atoms with E-state index in [0.29, 0.717) is 29.3 Å². The van der Waals surface area contributed by atoms with Gasteiger partial charge in [0.2, 0.25) is 0 Å². The lowest BCUT2D eigenvalue weighted by molar-refractivity contribution is 0.159. The molecule has 2 aliphatic rings. The standard InChI is InChI=1S/C16H25N.C15H23N/c1-3-9-16(2)11-14(10-15(17)12-16)13-7-5-4-6-8-13;1-10-4-5-15(12(3)6-10)13-7-11(2)8-14(16)9-13/h4-8,14-15H,3,9-12,17H2,1-2H3;4-6,11,13-14H,7-9,16H2,1-3H3. The fourth-order valence-electron chi connectivity index (χ4n) is 6.82. The van der Waals surface area contributed by atoms with Crippen molar-refractivity contribution in [2.45, 2.75) is 110 Å². The Morgan fingerprint density at radius 2 is 1.55 bits per heavy atom. The lowest BCUT2D eigenvalue weighted by Gasteiger charge is -2.41. The molecule has 2 nitrogen and oxygen atoms in total. The predicted molar refractivity (Wildman–Crippen MR) is 144 cm³/mol. The van der Waals surface area contributed by atoms with Crippen LogP contribution >= 0.6 is 0 Å². The number of nitrogens with two attached hydrogens (primary N) is 2. The minimum Gasteiger partial charge on any atom is -0.328 e. The topological polar surface area (TPSA) is 52.0 Å². The molecule has 0 bridgehead atoms. The normalized spacial score (nSPS) is 32.0. The van der Waals surface area contributed by atoms with Gasteiger partial charge < -0.3 is 11.5 Å². The molecular formula is C31H48N2. The molecule has 0 spiro atoms. The Balaban J connectivity index is 0.000000186. The maximum absolute atomic E-state index is 6.27. The second-order valence-electron chi connectivity index (χ2n) is 11.7. The second-order valence-corrected chi connectivity index (χ2v) is 11.7. The molecule has 2 aliphatic carbocycles. The first-order chi connectivity index (χ1) is 15.7. The third-order valence-electron chi connectivity index (χ3n) is 8.05. The van der Waals surface area contributed by atoms with Gasteiger partial charge in [-0.3, -0.25) is 0 Å². The zero-order chi connectivity index (χ0) is 24.0. The van der Waals surface area contributed by atoms with Gasteiger partial charge in [-0.25, -0.2) is 0 Å². The molecule has 0 radical (unpaired) electrons. The first-order valence-corrected chi connectivity index (χ1v) is 13.3. The fraction of sp³-hybridized carbons (Fsp3) is 0.613. The van der Waals surface area contributed by atoms with Crippen LogP contribution in [0.25, 0.3) is 0 Å². The molecule has 6 unspecified atom stereocenters. The van der Waals surface area contributed by atoms with Gasteiger partial charge in [-0.05, 0) is 98.7 Å². The number of aryl methyl sites for hydroxylation is 2. The van der Waals surface area contributed by atoms with E-state index in [1.165, 1.54) is 60.8 Å². The first kappa shape index (κ1) is 26.0. The van der Waals surface area contributed by atoms with Crippen molar-refractivity contribution in [1.29, 1.82) is 0 Å². The van der Waals surface area contributed by atoms with Gasteiger partial charge in [0.05, 0.1) is 0 Å². The van der Waals surface area contributed by atoms with Crippen LogP contribution in [0.1, 0.15) is 106 Å². The molecule has 0 aromatic heterocycles. The Bertz CT molecular complexity index is 850. The van der Waals surface area contributed by atoms with Gasteiger partial charge in [0.15, 0.2) is 0 Å². The minimum absolute atomic E-state index is 0.380. The molecular weight excluding hydrogens is 400 g/mol.